The van der Waals surface area contributed by atoms with Crippen molar-refractivity contribution in [1.82, 2.24) is 20.1 Å². The molecule has 1 saturated heterocycles. The maximum Gasteiger partial charge on any atom is 0.256 e. The highest BCUT2D eigenvalue weighted by Gasteiger charge is 2.50. The van der Waals surface area contributed by atoms with Gasteiger partial charge in [-0.25, -0.2) is 0 Å². The lowest BCUT2D eigenvalue weighted by molar-refractivity contribution is -0.137. The Morgan fingerprint density at radius 2 is 1.82 bits per heavy atom. The summed E-state index contributed by atoms with van der Waals surface area (Å²) in [5, 5.41) is 3.05. The molecule has 180 valence electrons. The number of hydrogen-bond acceptors (Lipinski definition) is 4. The molecule has 6 nitrogen and oxygen atoms in total. The van der Waals surface area contributed by atoms with E-state index < -0.39 is 5.54 Å². The Kier molecular flexibility index (Phi) is 8.12. The molecule has 0 bridgehead atoms. The molecule has 1 aromatic carbocycles. The first-order valence-corrected chi connectivity index (χ1v) is 12.5. The maximum atomic E-state index is 14.0. The summed E-state index contributed by atoms with van der Waals surface area (Å²) in [5.74, 6) is -0.139. The number of piperidine rings is 1. The molecule has 1 saturated carbocycles. The van der Waals surface area contributed by atoms with E-state index in [1.165, 1.54) is 12.0 Å². The number of amides is 2. The summed E-state index contributed by atoms with van der Waals surface area (Å²) in [7, 11) is 0. The van der Waals surface area contributed by atoms with Gasteiger partial charge in [-0.05, 0) is 43.4 Å². The zero-order valence-corrected chi connectivity index (χ0v) is 20.0. The van der Waals surface area contributed by atoms with Gasteiger partial charge in [-0.1, -0.05) is 55.7 Å². The van der Waals surface area contributed by atoms with Crippen LogP contribution < -0.4 is 5.32 Å². The van der Waals surface area contributed by atoms with E-state index in [9.17, 15) is 9.59 Å². The normalized spacial score (nSPS) is 18.7. The zero-order chi connectivity index (χ0) is 23.8. The van der Waals surface area contributed by atoms with Crippen LogP contribution in [-0.4, -0.2) is 57.8 Å². The van der Waals surface area contributed by atoms with Gasteiger partial charge >= 0.3 is 0 Å². The molecule has 0 spiro atoms. The van der Waals surface area contributed by atoms with Crippen LogP contribution in [0.25, 0.3) is 0 Å². The van der Waals surface area contributed by atoms with E-state index >= 15 is 0 Å². The monoisotopic (exact) mass is 460 g/mol. The predicted octanol–water partition coefficient (Wildman–Crippen LogP) is 4.19. The zero-order valence-electron chi connectivity index (χ0n) is 20.0. The Labute approximate surface area is 203 Å². The highest BCUT2D eigenvalue weighted by molar-refractivity contribution is 5.99. The molecule has 34 heavy (non-hydrogen) atoms. The first-order valence-electron chi connectivity index (χ1n) is 12.5. The van der Waals surface area contributed by atoms with Crippen LogP contribution in [0.2, 0.25) is 0 Å². The fourth-order valence-electron chi connectivity index (χ4n) is 5.51. The first kappa shape index (κ1) is 24.1. The van der Waals surface area contributed by atoms with Crippen molar-refractivity contribution < 1.29 is 9.59 Å². The number of aromatic nitrogens is 1. The van der Waals surface area contributed by atoms with E-state index in [0.29, 0.717) is 24.9 Å². The Morgan fingerprint density at radius 3 is 2.47 bits per heavy atom. The van der Waals surface area contributed by atoms with Gasteiger partial charge in [-0.3, -0.25) is 19.5 Å². The molecule has 4 rings (SSSR count). The van der Waals surface area contributed by atoms with Crippen LogP contribution in [0.3, 0.4) is 0 Å². The number of pyridine rings is 1. The van der Waals surface area contributed by atoms with Crippen molar-refractivity contribution in [3.63, 3.8) is 0 Å². The van der Waals surface area contributed by atoms with Crippen molar-refractivity contribution in [3.05, 3.63) is 78.6 Å². The van der Waals surface area contributed by atoms with E-state index in [-0.39, 0.29) is 17.9 Å². The van der Waals surface area contributed by atoms with Gasteiger partial charge in [0.15, 0.2) is 0 Å². The quantitative estimate of drug-likeness (QED) is 0.600. The fraction of sp³-hybridized carbons (Fsp3) is 0.464. The maximum absolute atomic E-state index is 14.0. The molecule has 0 atom stereocenters. The fourth-order valence-corrected chi connectivity index (χ4v) is 5.51. The standard InChI is InChI=1S/C28H36N4O2/c1-2-17-30-27(34)28(15-19-31(20-16-28)22-23-10-5-3-6-11-23)32(25-13-7-4-8-14-25)26(33)24-12-9-18-29-21-24/h2-3,5-6,9-12,18,21,25H,1,4,7-8,13-17,19-20,22H2,(H,30,34). The second-order valence-corrected chi connectivity index (χ2v) is 9.50. The first-order chi connectivity index (χ1) is 16.6. The lowest BCUT2D eigenvalue weighted by Crippen LogP contribution is -2.67. The molecular formula is C28H36N4O2. The molecule has 6 heteroatoms. The number of nitrogens with zero attached hydrogens (tertiary/aromatic N) is 3. The van der Waals surface area contributed by atoms with Crippen LogP contribution >= 0.6 is 0 Å². The molecule has 2 amide bonds. The molecule has 1 aliphatic heterocycles. The SMILES string of the molecule is C=CCNC(=O)C1(N(C(=O)c2cccnc2)C2CCCCC2)CCN(Cc2ccccc2)CC1. The van der Waals surface area contributed by atoms with E-state index in [0.717, 1.165) is 45.3 Å². The number of hydrogen-bond donors (Lipinski definition) is 1. The second kappa shape index (κ2) is 11.4. The van der Waals surface area contributed by atoms with Crippen molar-refractivity contribution in [2.45, 2.75) is 63.1 Å². The average molecular weight is 461 g/mol. The predicted molar refractivity (Wildman–Crippen MR) is 134 cm³/mol. The molecule has 0 radical (unpaired) electrons. The molecule has 0 unspecified atom stereocenters. The number of carbonyl (C=O) groups is 2. The average Bonchev–Trinajstić information content (AvgIpc) is 2.90. The largest absolute Gasteiger partial charge is 0.351 e. The molecule has 2 heterocycles. The van der Waals surface area contributed by atoms with Crippen LogP contribution in [-0.2, 0) is 11.3 Å². The van der Waals surface area contributed by atoms with Gasteiger partial charge in [0, 0.05) is 44.6 Å². The highest BCUT2D eigenvalue weighted by Crippen LogP contribution is 2.37. The van der Waals surface area contributed by atoms with E-state index in [1.807, 2.05) is 17.0 Å². The van der Waals surface area contributed by atoms with Gasteiger partial charge in [0.2, 0.25) is 5.91 Å². The topological polar surface area (TPSA) is 65.5 Å². The summed E-state index contributed by atoms with van der Waals surface area (Å²) in [4.78, 5) is 36.3. The lowest BCUT2D eigenvalue weighted by atomic mass is 9.80. The number of likely N-dealkylation sites (tertiary alicyclic amines) is 1. The van der Waals surface area contributed by atoms with E-state index in [2.05, 4.69) is 46.0 Å². The van der Waals surface area contributed by atoms with Crippen LogP contribution in [0.5, 0.6) is 0 Å². The van der Waals surface area contributed by atoms with Gasteiger partial charge < -0.3 is 10.2 Å². The lowest BCUT2D eigenvalue weighted by Gasteiger charge is -2.51. The van der Waals surface area contributed by atoms with Gasteiger partial charge in [-0.15, -0.1) is 6.58 Å². The molecule has 1 N–H and O–H groups in total. The highest BCUT2D eigenvalue weighted by atomic mass is 16.2. The van der Waals surface area contributed by atoms with Crippen LogP contribution in [0.4, 0.5) is 0 Å². The minimum absolute atomic E-state index is 0.0606. The molecule has 1 aliphatic carbocycles. The van der Waals surface area contributed by atoms with E-state index in [1.54, 1.807) is 24.5 Å². The summed E-state index contributed by atoms with van der Waals surface area (Å²) in [6.45, 7) is 6.54. The van der Waals surface area contributed by atoms with Crippen molar-refractivity contribution in [1.29, 1.82) is 0 Å². The van der Waals surface area contributed by atoms with Gasteiger partial charge in [0.25, 0.3) is 5.91 Å². The summed E-state index contributed by atoms with van der Waals surface area (Å²) < 4.78 is 0. The minimum Gasteiger partial charge on any atom is -0.351 e. The number of carbonyl (C=O) groups excluding carboxylic acids is 2. The Balaban J connectivity index is 1.64. The van der Waals surface area contributed by atoms with Crippen molar-refractivity contribution >= 4 is 11.8 Å². The summed E-state index contributed by atoms with van der Waals surface area (Å²) in [6.07, 6.45) is 11.5. The van der Waals surface area contributed by atoms with Crippen LogP contribution in [0, 0.1) is 0 Å². The molecule has 2 fully saturated rings. The van der Waals surface area contributed by atoms with Crippen molar-refractivity contribution in [2.75, 3.05) is 19.6 Å². The third-order valence-corrected chi connectivity index (χ3v) is 7.29. The van der Waals surface area contributed by atoms with Gasteiger partial charge in [0.1, 0.15) is 5.54 Å². The number of benzene rings is 1. The van der Waals surface area contributed by atoms with Gasteiger partial charge in [0.05, 0.1) is 5.56 Å². The molecule has 2 aliphatic rings. The number of rotatable bonds is 8. The third kappa shape index (κ3) is 5.39. The molecule has 1 aromatic heterocycles. The van der Waals surface area contributed by atoms with Gasteiger partial charge in [-0.2, -0.15) is 0 Å². The molecular weight excluding hydrogens is 424 g/mol. The summed E-state index contributed by atoms with van der Waals surface area (Å²) in [5.41, 5.74) is 0.947. The minimum atomic E-state index is -0.870. The summed E-state index contributed by atoms with van der Waals surface area (Å²) in [6, 6.07) is 14.1. The van der Waals surface area contributed by atoms with Crippen molar-refractivity contribution in [2.24, 2.45) is 0 Å². The molecule has 2 aromatic rings. The second-order valence-electron chi connectivity index (χ2n) is 9.50. The van der Waals surface area contributed by atoms with E-state index in [4.69, 9.17) is 0 Å². The Bertz CT molecular complexity index is 949. The van der Waals surface area contributed by atoms with Crippen molar-refractivity contribution in [3.8, 4) is 0 Å². The Hall–Kier alpha value is -2.99. The number of nitrogens with one attached hydrogen (secondary N) is 1. The summed E-state index contributed by atoms with van der Waals surface area (Å²) >= 11 is 0. The third-order valence-electron chi connectivity index (χ3n) is 7.29. The Morgan fingerprint density at radius 1 is 1.09 bits per heavy atom. The van der Waals surface area contributed by atoms with Crippen LogP contribution in [0.15, 0.2) is 67.5 Å². The smallest absolute Gasteiger partial charge is 0.256 e. The van der Waals surface area contributed by atoms with Crippen LogP contribution in [0.1, 0.15) is 60.9 Å².